The molecule has 6 heteroatoms. The fourth-order valence-corrected chi connectivity index (χ4v) is 1.98. The molecular formula is C16H23N5O. The van der Waals surface area contributed by atoms with Gasteiger partial charge in [-0.15, -0.1) is 0 Å². The first-order chi connectivity index (χ1) is 10.8. The van der Waals surface area contributed by atoms with Crippen molar-refractivity contribution in [3.8, 4) is 0 Å². The number of rotatable bonds is 7. The predicted octanol–water partition coefficient (Wildman–Crippen LogP) is 1.30. The Morgan fingerprint density at radius 2 is 2.05 bits per heavy atom. The highest BCUT2D eigenvalue weighted by molar-refractivity contribution is 5.79. The fraction of sp³-hybridized carbons (Fsp3) is 0.375. The molecule has 0 amide bonds. The van der Waals surface area contributed by atoms with Crippen molar-refractivity contribution in [1.29, 1.82) is 0 Å². The molecule has 0 unspecified atom stereocenters. The molecule has 0 bridgehead atoms. The third kappa shape index (κ3) is 5.21. The highest BCUT2D eigenvalue weighted by Crippen LogP contribution is 1.99. The molecule has 2 N–H and O–H groups in total. The minimum absolute atomic E-state index is 0.626. The molecule has 0 aliphatic carbocycles. The minimum atomic E-state index is 0.626. The molecule has 0 aliphatic heterocycles. The topological polar surface area (TPSA) is 63.5 Å². The van der Waals surface area contributed by atoms with E-state index in [0.29, 0.717) is 26.3 Å². The summed E-state index contributed by atoms with van der Waals surface area (Å²) < 4.78 is 7.46. The van der Waals surface area contributed by atoms with E-state index in [1.165, 1.54) is 5.56 Å². The van der Waals surface area contributed by atoms with Gasteiger partial charge < -0.3 is 15.4 Å². The number of hydrogen-bond acceptors (Lipinski definition) is 3. The fourth-order valence-electron chi connectivity index (χ4n) is 1.98. The van der Waals surface area contributed by atoms with Gasteiger partial charge >= 0.3 is 0 Å². The van der Waals surface area contributed by atoms with E-state index in [9.17, 15) is 0 Å². The Kier molecular flexibility index (Phi) is 6.44. The van der Waals surface area contributed by atoms with Crippen molar-refractivity contribution in [2.75, 3.05) is 20.2 Å². The zero-order valence-electron chi connectivity index (χ0n) is 13.1. The zero-order valence-corrected chi connectivity index (χ0v) is 13.1. The molecule has 1 aromatic carbocycles. The molecule has 2 rings (SSSR count). The summed E-state index contributed by atoms with van der Waals surface area (Å²) in [6, 6.07) is 12.1. The monoisotopic (exact) mass is 301 g/mol. The molecule has 0 saturated carbocycles. The number of aliphatic imine (C=N–C) groups is 1. The van der Waals surface area contributed by atoms with Gasteiger partial charge in [-0.05, 0) is 11.6 Å². The van der Waals surface area contributed by atoms with E-state index < -0.39 is 0 Å². The molecule has 0 aliphatic rings. The summed E-state index contributed by atoms with van der Waals surface area (Å²) in [5.74, 6) is 0.754. The minimum Gasteiger partial charge on any atom is -0.375 e. The lowest BCUT2D eigenvalue weighted by Gasteiger charge is -2.12. The lowest BCUT2D eigenvalue weighted by atomic mass is 10.2. The number of hydrogen-bond donors (Lipinski definition) is 2. The van der Waals surface area contributed by atoms with Crippen LogP contribution in [0.2, 0.25) is 0 Å². The Balaban J connectivity index is 1.61. The van der Waals surface area contributed by atoms with Gasteiger partial charge in [0.25, 0.3) is 0 Å². The molecule has 0 saturated heterocycles. The standard InChI is InChI=1S/C16H23N5O/c1-17-16(19-12-15-8-9-20-21(15)2)18-10-11-22-13-14-6-4-3-5-7-14/h3-9H,10-13H2,1-2H3,(H2,17,18,19). The van der Waals surface area contributed by atoms with Gasteiger partial charge in [0.15, 0.2) is 5.96 Å². The third-order valence-corrected chi connectivity index (χ3v) is 3.23. The highest BCUT2D eigenvalue weighted by atomic mass is 16.5. The second kappa shape index (κ2) is 8.84. The number of nitrogens with one attached hydrogen (secondary N) is 2. The molecule has 0 fully saturated rings. The summed E-state index contributed by atoms with van der Waals surface area (Å²) in [7, 11) is 3.67. The van der Waals surface area contributed by atoms with Gasteiger partial charge in [-0.2, -0.15) is 5.10 Å². The largest absolute Gasteiger partial charge is 0.375 e. The number of benzene rings is 1. The highest BCUT2D eigenvalue weighted by Gasteiger charge is 2.01. The maximum Gasteiger partial charge on any atom is 0.191 e. The molecule has 6 nitrogen and oxygen atoms in total. The third-order valence-electron chi connectivity index (χ3n) is 3.23. The Hall–Kier alpha value is -2.34. The van der Waals surface area contributed by atoms with E-state index in [1.54, 1.807) is 13.2 Å². The van der Waals surface area contributed by atoms with Crippen LogP contribution in [-0.4, -0.2) is 35.9 Å². The molecule has 0 radical (unpaired) electrons. The van der Waals surface area contributed by atoms with Crippen LogP contribution in [-0.2, 0) is 24.9 Å². The van der Waals surface area contributed by atoms with Crippen molar-refractivity contribution in [1.82, 2.24) is 20.4 Å². The first-order valence-corrected chi connectivity index (χ1v) is 7.32. The van der Waals surface area contributed by atoms with E-state index in [0.717, 1.165) is 11.7 Å². The van der Waals surface area contributed by atoms with Crippen molar-refractivity contribution >= 4 is 5.96 Å². The van der Waals surface area contributed by atoms with Gasteiger partial charge in [0.2, 0.25) is 0 Å². The lowest BCUT2D eigenvalue weighted by molar-refractivity contribution is 0.125. The van der Waals surface area contributed by atoms with Crippen LogP contribution < -0.4 is 10.6 Å². The Labute approximate surface area is 131 Å². The molecule has 2 aromatic rings. The van der Waals surface area contributed by atoms with Crippen molar-refractivity contribution < 1.29 is 4.74 Å². The lowest BCUT2D eigenvalue weighted by Crippen LogP contribution is -2.38. The van der Waals surface area contributed by atoms with Gasteiger partial charge in [0, 0.05) is 26.8 Å². The summed E-state index contributed by atoms with van der Waals surface area (Å²) in [6.45, 7) is 2.64. The first-order valence-electron chi connectivity index (χ1n) is 7.32. The average Bonchev–Trinajstić information content (AvgIpc) is 2.96. The van der Waals surface area contributed by atoms with Gasteiger partial charge in [0.05, 0.1) is 25.5 Å². The van der Waals surface area contributed by atoms with Crippen molar-refractivity contribution in [2.45, 2.75) is 13.2 Å². The van der Waals surface area contributed by atoms with Crippen molar-refractivity contribution in [3.05, 3.63) is 53.9 Å². The van der Waals surface area contributed by atoms with E-state index >= 15 is 0 Å². The van der Waals surface area contributed by atoms with Crippen LogP contribution in [0, 0.1) is 0 Å². The molecule has 22 heavy (non-hydrogen) atoms. The molecule has 1 aromatic heterocycles. The van der Waals surface area contributed by atoms with Gasteiger partial charge in [0.1, 0.15) is 0 Å². The molecule has 0 spiro atoms. The van der Waals surface area contributed by atoms with Crippen molar-refractivity contribution in [3.63, 3.8) is 0 Å². The summed E-state index contributed by atoms with van der Waals surface area (Å²) in [6.07, 6.45) is 1.78. The number of nitrogens with zero attached hydrogens (tertiary/aromatic N) is 3. The van der Waals surface area contributed by atoms with Gasteiger partial charge in [-0.3, -0.25) is 9.67 Å². The van der Waals surface area contributed by atoms with E-state index in [2.05, 4.69) is 32.9 Å². The predicted molar refractivity (Wildman–Crippen MR) is 87.5 cm³/mol. The van der Waals surface area contributed by atoms with E-state index in [1.807, 2.05) is 36.0 Å². The summed E-state index contributed by atoms with van der Waals surface area (Å²) >= 11 is 0. The van der Waals surface area contributed by atoms with E-state index in [-0.39, 0.29) is 0 Å². The Morgan fingerprint density at radius 3 is 2.73 bits per heavy atom. The van der Waals surface area contributed by atoms with Crippen molar-refractivity contribution in [2.24, 2.45) is 12.0 Å². The smallest absolute Gasteiger partial charge is 0.191 e. The van der Waals surface area contributed by atoms with Crippen LogP contribution >= 0.6 is 0 Å². The maximum absolute atomic E-state index is 5.62. The molecular weight excluding hydrogens is 278 g/mol. The van der Waals surface area contributed by atoms with Crippen LogP contribution in [0.1, 0.15) is 11.3 Å². The quantitative estimate of drug-likeness (QED) is 0.460. The first kappa shape index (κ1) is 16.0. The van der Waals surface area contributed by atoms with Gasteiger partial charge in [-0.1, -0.05) is 30.3 Å². The second-order valence-corrected chi connectivity index (χ2v) is 4.84. The Morgan fingerprint density at radius 1 is 1.23 bits per heavy atom. The summed E-state index contributed by atoms with van der Waals surface area (Å²) in [4.78, 5) is 4.18. The normalized spacial score (nSPS) is 11.5. The summed E-state index contributed by atoms with van der Waals surface area (Å²) in [5, 5.41) is 10.6. The van der Waals surface area contributed by atoms with Crippen LogP contribution in [0.5, 0.6) is 0 Å². The zero-order chi connectivity index (χ0) is 15.6. The van der Waals surface area contributed by atoms with Crippen LogP contribution in [0.4, 0.5) is 0 Å². The molecule has 0 atom stereocenters. The molecule has 118 valence electrons. The number of aromatic nitrogens is 2. The molecule has 1 heterocycles. The van der Waals surface area contributed by atoms with Gasteiger partial charge in [-0.25, -0.2) is 0 Å². The second-order valence-electron chi connectivity index (χ2n) is 4.84. The maximum atomic E-state index is 5.62. The number of guanidine groups is 1. The van der Waals surface area contributed by atoms with Crippen LogP contribution in [0.15, 0.2) is 47.6 Å². The number of ether oxygens (including phenoxy) is 1. The Bertz CT molecular complexity index is 579. The van der Waals surface area contributed by atoms with Crippen LogP contribution in [0.25, 0.3) is 0 Å². The van der Waals surface area contributed by atoms with Crippen LogP contribution in [0.3, 0.4) is 0 Å². The SMILES string of the molecule is CN=C(NCCOCc1ccccc1)NCc1ccnn1C. The van der Waals surface area contributed by atoms with E-state index in [4.69, 9.17) is 4.74 Å². The number of aryl methyl sites for hydroxylation is 1. The average molecular weight is 301 g/mol. The summed E-state index contributed by atoms with van der Waals surface area (Å²) in [5.41, 5.74) is 2.28.